The molecule has 1 amide bonds. The van der Waals surface area contributed by atoms with Crippen molar-refractivity contribution in [3.63, 3.8) is 0 Å². The Kier molecular flexibility index (Phi) is 10.4. The van der Waals surface area contributed by atoms with Gasteiger partial charge in [0.15, 0.2) is 0 Å². The largest absolute Gasteiger partial charge is 0.467 e. The van der Waals surface area contributed by atoms with E-state index in [1.165, 1.54) is 21.0 Å². The summed E-state index contributed by atoms with van der Waals surface area (Å²) < 4.78 is 26.0. The van der Waals surface area contributed by atoms with E-state index >= 15 is 0 Å². The smallest absolute Gasteiger partial charge is 0.408 e. The molecule has 0 fully saturated rings. The highest BCUT2D eigenvalue weighted by molar-refractivity contribution is 5.81. The van der Waals surface area contributed by atoms with Gasteiger partial charge in [-0.25, -0.2) is 9.59 Å². The number of alkyl carbamates (subject to hydrolysis) is 1. The van der Waals surface area contributed by atoms with Gasteiger partial charge >= 0.3 is 24.0 Å². The average Bonchev–Trinajstić information content (AvgIpc) is 2.79. The first-order valence-corrected chi connectivity index (χ1v) is 10.5. The highest BCUT2D eigenvalue weighted by atomic mass is 16.6. The summed E-state index contributed by atoms with van der Waals surface area (Å²) in [5, 5.41) is 2.51. The maximum atomic E-state index is 12.2. The van der Waals surface area contributed by atoms with E-state index in [9.17, 15) is 19.2 Å². The molecule has 0 radical (unpaired) electrons. The third-order valence-electron chi connectivity index (χ3n) is 4.71. The highest BCUT2D eigenvalue weighted by Crippen LogP contribution is 2.21. The van der Waals surface area contributed by atoms with Gasteiger partial charge in [-0.3, -0.25) is 9.59 Å². The summed E-state index contributed by atoms with van der Waals surface area (Å²) in [7, 11) is 1.22. The molecule has 1 aliphatic heterocycles. The predicted molar refractivity (Wildman–Crippen MR) is 115 cm³/mol. The van der Waals surface area contributed by atoms with Gasteiger partial charge in [0, 0.05) is 13.8 Å². The van der Waals surface area contributed by atoms with Crippen LogP contribution in [0.1, 0.15) is 32.3 Å². The molecule has 0 spiro atoms. The zero-order chi connectivity index (χ0) is 24.2. The molecule has 0 bridgehead atoms. The van der Waals surface area contributed by atoms with E-state index in [1.807, 2.05) is 30.3 Å². The zero-order valence-electron chi connectivity index (χ0n) is 18.9. The number of amides is 1. The molecule has 0 saturated heterocycles. The summed E-state index contributed by atoms with van der Waals surface area (Å²) in [6.45, 7) is 2.50. The average molecular weight is 463 g/mol. The number of hydrogen-bond acceptors (Lipinski definition) is 9. The first-order valence-electron chi connectivity index (χ1n) is 10.5. The van der Waals surface area contributed by atoms with Gasteiger partial charge in [-0.1, -0.05) is 36.4 Å². The third-order valence-corrected chi connectivity index (χ3v) is 4.71. The van der Waals surface area contributed by atoms with Crippen LogP contribution >= 0.6 is 0 Å². The van der Waals surface area contributed by atoms with Crippen molar-refractivity contribution in [3.8, 4) is 0 Å². The second-order valence-corrected chi connectivity index (χ2v) is 7.33. The van der Waals surface area contributed by atoms with Crippen LogP contribution in [0, 0.1) is 0 Å². The third kappa shape index (κ3) is 9.32. The molecule has 1 N–H and O–H groups in total. The summed E-state index contributed by atoms with van der Waals surface area (Å²) in [6, 6.07) is 8.18. The SMILES string of the molecule is COC(=O)[C@H](CC[C@H]1C=C[C@H](OC(C)=O)[C@@H](COC(C)=O)O1)NC(=O)OCc1ccccc1. The van der Waals surface area contributed by atoms with E-state index in [1.54, 1.807) is 12.2 Å². The molecule has 0 aliphatic carbocycles. The summed E-state index contributed by atoms with van der Waals surface area (Å²) >= 11 is 0. The number of ether oxygens (including phenoxy) is 5. The van der Waals surface area contributed by atoms with Crippen LogP contribution in [0.2, 0.25) is 0 Å². The quantitative estimate of drug-likeness (QED) is 0.315. The van der Waals surface area contributed by atoms with E-state index in [0.717, 1.165) is 5.56 Å². The van der Waals surface area contributed by atoms with Gasteiger partial charge in [-0.2, -0.15) is 0 Å². The van der Waals surface area contributed by atoms with Gasteiger partial charge in [0.1, 0.15) is 31.5 Å². The summed E-state index contributed by atoms with van der Waals surface area (Å²) in [5.74, 6) is -1.61. The minimum absolute atomic E-state index is 0.0599. The number of esters is 3. The van der Waals surface area contributed by atoms with Gasteiger partial charge in [-0.15, -0.1) is 0 Å². The number of carbonyl (C=O) groups excluding carboxylic acids is 4. The maximum Gasteiger partial charge on any atom is 0.408 e. The van der Waals surface area contributed by atoms with Gasteiger partial charge < -0.3 is 29.0 Å². The molecule has 0 aromatic heterocycles. The first kappa shape index (κ1) is 25.9. The van der Waals surface area contributed by atoms with Crippen LogP contribution in [0.5, 0.6) is 0 Å². The molecule has 2 rings (SSSR count). The molecule has 1 aliphatic rings. The molecule has 180 valence electrons. The molecule has 10 nitrogen and oxygen atoms in total. The van der Waals surface area contributed by atoms with Crippen LogP contribution in [0.4, 0.5) is 4.79 Å². The molecular weight excluding hydrogens is 434 g/mol. The van der Waals surface area contributed by atoms with Crippen molar-refractivity contribution in [2.75, 3.05) is 13.7 Å². The second-order valence-electron chi connectivity index (χ2n) is 7.33. The maximum absolute atomic E-state index is 12.2. The second kappa shape index (κ2) is 13.2. The van der Waals surface area contributed by atoms with Gasteiger partial charge in [0.25, 0.3) is 0 Å². The van der Waals surface area contributed by atoms with Crippen LogP contribution in [0.25, 0.3) is 0 Å². The Morgan fingerprint density at radius 1 is 1.03 bits per heavy atom. The van der Waals surface area contributed by atoms with Crippen LogP contribution in [-0.2, 0) is 44.7 Å². The van der Waals surface area contributed by atoms with Crippen molar-refractivity contribution < 1.29 is 42.9 Å². The minimum Gasteiger partial charge on any atom is -0.467 e. The fraction of sp³-hybridized carbons (Fsp3) is 0.478. The number of benzene rings is 1. The first-order chi connectivity index (χ1) is 15.8. The van der Waals surface area contributed by atoms with Gasteiger partial charge in [0.05, 0.1) is 13.2 Å². The monoisotopic (exact) mass is 463 g/mol. The van der Waals surface area contributed by atoms with Crippen LogP contribution in [-0.4, -0.2) is 62.1 Å². The van der Waals surface area contributed by atoms with E-state index in [0.29, 0.717) is 6.42 Å². The Hall–Kier alpha value is -3.40. The zero-order valence-corrected chi connectivity index (χ0v) is 18.9. The molecule has 0 unspecified atom stereocenters. The minimum atomic E-state index is -0.951. The number of nitrogens with one attached hydrogen (secondary N) is 1. The predicted octanol–water partition coefficient (Wildman–Crippen LogP) is 2.05. The molecule has 10 heteroatoms. The van der Waals surface area contributed by atoms with Crippen LogP contribution in [0.15, 0.2) is 42.5 Å². The Bertz CT molecular complexity index is 840. The lowest BCUT2D eigenvalue weighted by atomic mass is 10.0. The number of methoxy groups -OCH3 is 1. The molecule has 1 aromatic carbocycles. The van der Waals surface area contributed by atoms with E-state index in [2.05, 4.69) is 5.32 Å². The van der Waals surface area contributed by atoms with Crippen LogP contribution in [0.3, 0.4) is 0 Å². The Morgan fingerprint density at radius 3 is 2.39 bits per heavy atom. The molecule has 1 aromatic rings. The molecule has 1 heterocycles. The lowest BCUT2D eigenvalue weighted by molar-refractivity contribution is -0.164. The Labute approximate surface area is 192 Å². The fourth-order valence-corrected chi connectivity index (χ4v) is 3.14. The van der Waals surface area contributed by atoms with Crippen molar-refractivity contribution in [2.24, 2.45) is 0 Å². The Morgan fingerprint density at radius 2 is 1.76 bits per heavy atom. The highest BCUT2D eigenvalue weighted by Gasteiger charge is 2.32. The normalized spacial score (nSPS) is 20.3. The fourth-order valence-electron chi connectivity index (χ4n) is 3.14. The summed E-state index contributed by atoms with van der Waals surface area (Å²) in [6.07, 6.45) is 1.25. The lowest BCUT2D eigenvalue weighted by Crippen LogP contribution is -2.44. The van der Waals surface area contributed by atoms with Gasteiger partial charge in [0.2, 0.25) is 0 Å². The summed E-state index contributed by atoms with van der Waals surface area (Å²) in [4.78, 5) is 46.8. The van der Waals surface area contributed by atoms with Gasteiger partial charge in [-0.05, 0) is 24.5 Å². The van der Waals surface area contributed by atoms with E-state index in [4.69, 9.17) is 23.7 Å². The lowest BCUT2D eigenvalue weighted by Gasteiger charge is -2.32. The van der Waals surface area contributed by atoms with Crippen molar-refractivity contribution in [1.29, 1.82) is 0 Å². The van der Waals surface area contributed by atoms with Crippen LogP contribution < -0.4 is 5.32 Å². The van der Waals surface area contributed by atoms with Crippen molar-refractivity contribution >= 4 is 24.0 Å². The topological polar surface area (TPSA) is 126 Å². The number of rotatable bonds is 10. The molecule has 33 heavy (non-hydrogen) atoms. The summed E-state index contributed by atoms with van der Waals surface area (Å²) in [5.41, 5.74) is 0.809. The molecule has 0 saturated carbocycles. The van der Waals surface area contributed by atoms with Crippen molar-refractivity contribution in [3.05, 3.63) is 48.0 Å². The van der Waals surface area contributed by atoms with Crippen molar-refractivity contribution in [1.82, 2.24) is 5.32 Å². The molecule has 4 atom stereocenters. The molecular formula is C23H29NO9. The van der Waals surface area contributed by atoms with Crippen molar-refractivity contribution in [2.45, 2.75) is 57.6 Å². The van der Waals surface area contributed by atoms with E-state index in [-0.39, 0.29) is 19.6 Å². The number of carbonyl (C=O) groups is 4. The number of hydrogen-bond donors (Lipinski definition) is 1. The van der Waals surface area contributed by atoms with E-state index < -0.39 is 48.4 Å². The Balaban J connectivity index is 1.92. The standard InChI is InChI=1S/C23H29NO9/c1-15(25)30-14-21-20(32-16(2)26)12-10-18(33-21)9-11-19(22(27)29-3)24-23(28)31-13-17-7-5-4-6-8-17/h4-8,10,12,18-21H,9,11,13-14H2,1-3H3,(H,24,28)/t18-,19-,20-,21+/m0/s1.